The van der Waals surface area contributed by atoms with E-state index in [9.17, 15) is 9.59 Å². The summed E-state index contributed by atoms with van der Waals surface area (Å²) in [5.74, 6) is 0.975. The van der Waals surface area contributed by atoms with Crippen molar-refractivity contribution in [1.29, 1.82) is 0 Å². The van der Waals surface area contributed by atoms with Gasteiger partial charge in [0.15, 0.2) is 0 Å². The van der Waals surface area contributed by atoms with Crippen molar-refractivity contribution in [3.8, 4) is 0 Å². The second-order valence-corrected chi connectivity index (χ2v) is 8.01. The fraction of sp³-hybridized carbons (Fsp3) is 0.875. The molecule has 2 saturated carbocycles. The van der Waals surface area contributed by atoms with E-state index in [1.54, 1.807) is 0 Å². The predicted octanol–water partition coefficient (Wildman–Crippen LogP) is 1.94. The third-order valence-electron chi connectivity index (χ3n) is 5.18. The monoisotopic (exact) mass is 278 g/mol. The molecule has 2 amide bonds. The van der Waals surface area contributed by atoms with Crippen LogP contribution in [0.25, 0.3) is 0 Å². The van der Waals surface area contributed by atoms with Gasteiger partial charge in [-0.15, -0.1) is 0 Å². The summed E-state index contributed by atoms with van der Waals surface area (Å²) in [7, 11) is 0. The molecule has 20 heavy (non-hydrogen) atoms. The van der Waals surface area contributed by atoms with Crippen LogP contribution < -0.4 is 5.32 Å². The van der Waals surface area contributed by atoms with Crippen LogP contribution in [0.5, 0.6) is 0 Å². The number of hydrogen-bond acceptors (Lipinski definition) is 2. The molecule has 1 atom stereocenters. The van der Waals surface area contributed by atoms with Gasteiger partial charge < -0.3 is 10.2 Å². The molecule has 0 bridgehead atoms. The molecular weight excluding hydrogens is 252 g/mol. The van der Waals surface area contributed by atoms with Crippen molar-refractivity contribution in [3.63, 3.8) is 0 Å². The summed E-state index contributed by atoms with van der Waals surface area (Å²) in [6.45, 7) is 7.52. The molecule has 1 saturated heterocycles. The molecule has 0 aromatic heterocycles. The van der Waals surface area contributed by atoms with E-state index >= 15 is 0 Å². The van der Waals surface area contributed by atoms with Crippen molar-refractivity contribution in [3.05, 3.63) is 0 Å². The number of amides is 2. The fourth-order valence-electron chi connectivity index (χ4n) is 3.50. The predicted molar refractivity (Wildman–Crippen MR) is 77.0 cm³/mol. The first-order chi connectivity index (χ1) is 9.32. The Hall–Kier alpha value is -1.06. The Kier molecular flexibility index (Phi) is 3.11. The molecule has 1 N–H and O–H groups in total. The zero-order valence-corrected chi connectivity index (χ0v) is 12.9. The molecule has 0 aromatic carbocycles. The standard InChI is InChI=1S/C16H26N2O2/c1-15(2,3)13-14(20)18(9-6-12(19)17-13)10-16(7-8-16)11-4-5-11/h11,13H,4-10H2,1-3H3,(H,17,19). The van der Waals surface area contributed by atoms with Gasteiger partial charge in [0.25, 0.3) is 0 Å². The molecule has 3 fully saturated rings. The maximum Gasteiger partial charge on any atom is 0.245 e. The van der Waals surface area contributed by atoms with Gasteiger partial charge in [-0.05, 0) is 42.4 Å². The third-order valence-corrected chi connectivity index (χ3v) is 5.18. The smallest absolute Gasteiger partial charge is 0.245 e. The lowest BCUT2D eigenvalue weighted by Crippen LogP contribution is -2.52. The minimum atomic E-state index is -0.382. The average molecular weight is 278 g/mol. The van der Waals surface area contributed by atoms with Gasteiger partial charge in [0, 0.05) is 19.5 Å². The molecule has 4 heteroatoms. The molecule has 0 aromatic rings. The van der Waals surface area contributed by atoms with Gasteiger partial charge in [0.1, 0.15) is 6.04 Å². The van der Waals surface area contributed by atoms with Crippen LogP contribution in [0.3, 0.4) is 0 Å². The second-order valence-electron chi connectivity index (χ2n) is 8.01. The first-order valence-corrected chi connectivity index (χ1v) is 7.90. The Morgan fingerprint density at radius 3 is 2.40 bits per heavy atom. The zero-order valence-electron chi connectivity index (χ0n) is 12.9. The van der Waals surface area contributed by atoms with E-state index in [2.05, 4.69) is 5.32 Å². The minimum absolute atomic E-state index is 0.0112. The summed E-state index contributed by atoms with van der Waals surface area (Å²) in [4.78, 5) is 26.6. The van der Waals surface area contributed by atoms with Crippen molar-refractivity contribution < 1.29 is 9.59 Å². The van der Waals surface area contributed by atoms with Crippen LogP contribution in [0.2, 0.25) is 0 Å². The van der Waals surface area contributed by atoms with E-state index in [1.807, 2.05) is 25.7 Å². The number of carbonyl (C=O) groups is 2. The zero-order chi connectivity index (χ0) is 14.5. The van der Waals surface area contributed by atoms with Crippen molar-refractivity contribution in [2.75, 3.05) is 13.1 Å². The normalized spacial score (nSPS) is 29.9. The van der Waals surface area contributed by atoms with E-state index in [1.165, 1.54) is 25.7 Å². The molecule has 1 unspecified atom stereocenters. The van der Waals surface area contributed by atoms with Crippen molar-refractivity contribution in [2.24, 2.45) is 16.7 Å². The summed E-state index contributed by atoms with van der Waals surface area (Å²) < 4.78 is 0. The van der Waals surface area contributed by atoms with E-state index in [-0.39, 0.29) is 23.3 Å². The van der Waals surface area contributed by atoms with E-state index in [0.717, 1.165) is 12.5 Å². The second kappa shape index (κ2) is 4.47. The number of nitrogens with zero attached hydrogens (tertiary/aromatic N) is 1. The molecule has 4 nitrogen and oxygen atoms in total. The highest BCUT2D eigenvalue weighted by Gasteiger charge is 2.55. The molecule has 1 heterocycles. The van der Waals surface area contributed by atoms with E-state index < -0.39 is 0 Å². The van der Waals surface area contributed by atoms with Gasteiger partial charge in [-0.25, -0.2) is 0 Å². The SMILES string of the molecule is CC(C)(C)C1NC(=O)CCN(CC2(C3CC3)CC2)C1=O. The number of hydrogen-bond donors (Lipinski definition) is 1. The first-order valence-electron chi connectivity index (χ1n) is 7.90. The molecule has 3 aliphatic rings. The topological polar surface area (TPSA) is 49.4 Å². The summed E-state index contributed by atoms with van der Waals surface area (Å²) in [5, 5.41) is 2.92. The third kappa shape index (κ3) is 2.57. The quantitative estimate of drug-likeness (QED) is 0.857. The van der Waals surface area contributed by atoms with E-state index in [0.29, 0.717) is 18.4 Å². The lowest BCUT2D eigenvalue weighted by molar-refractivity contribution is -0.137. The summed E-state index contributed by atoms with van der Waals surface area (Å²) >= 11 is 0. The maximum absolute atomic E-state index is 12.8. The summed E-state index contributed by atoms with van der Waals surface area (Å²) in [5.41, 5.74) is 0.178. The number of rotatable bonds is 3. The molecule has 0 radical (unpaired) electrons. The van der Waals surface area contributed by atoms with Gasteiger partial charge in [-0.1, -0.05) is 20.8 Å². The number of nitrogens with one attached hydrogen (secondary N) is 1. The Bertz CT molecular complexity index is 430. The molecule has 3 rings (SSSR count). The highest BCUT2D eigenvalue weighted by atomic mass is 16.2. The van der Waals surface area contributed by atoms with Crippen LogP contribution in [-0.2, 0) is 9.59 Å². The minimum Gasteiger partial charge on any atom is -0.344 e. The van der Waals surface area contributed by atoms with Crippen molar-refractivity contribution in [1.82, 2.24) is 10.2 Å². The molecule has 0 spiro atoms. The van der Waals surface area contributed by atoms with Crippen molar-refractivity contribution >= 4 is 11.8 Å². The Balaban J connectivity index is 1.75. The lowest BCUT2D eigenvalue weighted by atomic mass is 9.85. The maximum atomic E-state index is 12.8. The van der Waals surface area contributed by atoms with E-state index in [4.69, 9.17) is 0 Å². The lowest BCUT2D eigenvalue weighted by Gasteiger charge is -2.34. The van der Waals surface area contributed by atoms with Gasteiger partial charge in [-0.3, -0.25) is 9.59 Å². The van der Waals surface area contributed by atoms with Crippen LogP contribution in [0.1, 0.15) is 52.9 Å². The summed E-state index contributed by atoms with van der Waals surface area (Å²) in [6, 6.07) is -0.382. The van der Waals surface area contributed by atoms with Gasteiger partial charge in [0.05, 0.1) is 0 Å². The Labute approximate surface area is 121 Å². The van der Waals surface area contributed by atoms with Crippen LogP contribution in [0.15, 0.2) is 0 Å². The summed E-state index contributed by atoms with van der Waals surface area (Å²) in [6.07, 6.45) is 5.65. The van der Waals surface area contributed by atoms with Gasteiger partial charge >= 0.3 is 0 Å². The highest BCUT2D eigenvalue weighted by molar-refractivity contribution is 5.90. The van der Waals surface area contributed by atoms with Crippen LogP contribution >= 0.6 is 0 Å². The Morgan fingerprint density at radius 1 is 1.25 bits per heavy atom. The highest BCUT2D eigenvalue weighted by Crippen LogP contribution is 2.61. The van der Waals surface area contributed by atoms with Gasteiger partial charge in [-0.2, -0.15) is 0 Å². The van der Waals surface area contributed by atoms with Crippen LogP contribution in [0, 0.1) is 16.7 Å². The largest absolute Gasteiger partial charge is 0.344 e. The Morgan fingerprint density at radius 2 is 1.90 bits per heavy atom. The van der Waals surface area contributed by atoms with Crippen molar-refractivity contribution in [2.45, 2.75) is 58.9 Å². The fourth-order valence-corrected chi connectivity index (χ4v) is 3.50. The molecule has 112 valence electrons. The van der Waals surface area contributed by atoms with Gasteiger partial charge in [0.2, 0.25) is 11.8 Å². The number of carbonyl (C=O) groups excluding carboxylic acids is 2. The molecule has 2 aliphatic carbocycles. The van der Waals surface area contributed by atoms with Crippen LogP contribution in [-0.4, -0.2) is 35.8 Å². The van der Waals surface area contributed by atoms with Crippen LogP contribution in [0.4, 0.5) is 0 Å². The average Bonchev–Trinajstić information content (AvgIpc) is 3.19. The molecule has 1 aliphatic heterocycles. The first kappa shape index (κ1) is 13.9. The molecular formula is C16H26N2O2.